The molecule has 1 saturated heterocycles. The van der Waals surface area contributed by atoms with Crippen LogP contribution in [0.4, 0.5) is 10.5 Å². The molecular formula is C19H25ClN2O3. The van der Waals surface area contributed by atoms with Gasteiger partial charge in [-0.2, -0.15) is 0 Å². The first kappa shape index (κ1) is 18.1. The largest absolute Gasteiger partial charge is 0.465 e. The number of carboxylic acid groups (broad SMARTS) is 1. The lowest BCUT2D eigenvalue weighted by Gasteiger charge is -2.31. The average molecular weight is 365 g/mol. The van der Waals surface area contributed by atoms with Gasteiger partial charge in [0.15, 0.2) is 0 Å². The number of amides is 2. The zero-order valence-electron chi connectivity index (χ0n) is 14.6. The third-order valence-corrected chi connectivity index (χ3v) is 5.90. The van der Waals surface area contributed by atoms with Gasteiger partial charge in [-0.15, -0.1) is 0 Å². The van der Waals surface area contributed by atoms with Crippen molar-refractivity contribution in [1.29, 1.82) is 0 Å². The molecule has 2 amide bonds. The molecule has 2 fully saturated rings. The van der Waals surface area contributed by atoms with E-state index >= 15 is 0 Å². The van der Waals surface area contributed by atoms with Crippen molar-refractivity contribution in [3.8, 4) is 0 Å². The van der Waals surface area contributed by atoms with Gasteiger partial charge in [-0.05, 0) is 43.4 Å². The van der Waals surface area contributed by atoms with E-state index in [1.165, 1.54) is 26.3 Å². The molecule has 136 valence electrons. The normalized spacial score (nSPS) is 21.6. The van der Waals surface area contributed by atoms with Gasteiger partial charge in [-0.3, -0.25) is 9.69 Å². The summed E-state index contributed by atoms with van der Waals surface area (Å²) in [6, 6.07) is 5.67. The molecule has 1 atom stereocenters. The summed E-state index contributed by atoms with van der Waals surface area (Å²) < 4.78 is 0. The fourth-order valence-electron chi connectivity index (χ4n) is 3.99. The fourth-order valence-corrected chi connectivity index (χ4v) is 4.25. The van der Waals surface area contributed by atoms with Gasteiger partial charge in [0.2, 0.25) is 5.91 Å². The second-order valence-corrected chi connectivity index (χ2v) is 7.54. The number of likely N-dealkylation sites (tertiary alicyclic amines) is 1. The van der Waals surface area contributed by atoms with Crippen molar-refractivity contribution in [3.05, 3.63) is 28.8 Å². The van der Waals surface area contributed by atoms with Crippen molar-refractivity contribution in [3.63, 3.8) is 0 Å². The molecule has 6 heteroatoms. The average Bonchev–Trinajstić information content (AvgIpc) is 2.97. The second-order valence-electron chi connectivity index (χ2n) is 7.13. The number of rotatable bonds is 4. The molecule has 0 aromatic heterocycles. The highest BCUT2D eigenvalue weighted by Gasteiger charge is 2.36. The summed E-state index contributed by atoms with van der Waals surface area (Å²) in [4.78, 5) is 27.0. The summed E-state index contributed by atoms with van der Waals surface area (Å²) in [5.41, 5.74) is 1.44. The quantitative estimate of drug-likeness (QED) is 0.871. The highest BCUT2D eigenvalue weighted by molar-refractivity contribution is 6.31. The van der Waals surface area contributed by atoms with Gasteiger partial charge in [0.05, 0.1) is 0 Å². The van der Waals surface area contributed by atoms with Crippen LogP contribution >= 0.6 is 11.6 Å². The zero-order chi connectivity index (χ0) is 18.0. The van der Waals surface area contributed by atoms with E-state index in [4.69, 9.17) is 16.7 Å². The highest BCUT2D eigenvalue weighted by Crippen LogP contribution is 2.32. The molecule has 1 heterocycles. The summed E-state index contributed by atoms with van der Waals surface area (Å²) in [6.07, 6.45) is 6.48. The molecule has 1 N–H and O–H groups in total. The third kappa shape index (κ3) is 3.92. The second kappa shape index (κ2) is 7.65. The zero-order valence-corrected chi connectivity index (χ0v) is 15.3. The van der Waals surface area contributed by atoms with Gasteiger partial charge in [0, 0.05) is 36.3 Å². The predicted molar refractivity (Wildman–Crippen MR) is 98.3 cm³/mol. The van der Waals surface area contributed by atoms with Crippen LogP contribution in [-0.4, -0.2) is 41.6 Å². The fraction of sp³-hybridized carbons (Fsp3) is 0.579. The Kier molecular flexibility index (Phi) is 5.52. The van der Waals surface area contributed by atoms with E-state index in [1.54, 1.807) is 12.1 Å². The topological polar surface area (TPSA) is 60.9 Å². The standard InChI is InChI=1S/C19H25ClN2O3/c1-21(19(24)25)16-8-7-13(17(20)12-16)11-14-9-10-22(18(14)23)15-5-3-2-4-6-15/h7-8,12,14-15H,2-6,9-11H2,1H3,(H,24,25). The molecule has 1 aromatic carbocycles. The first-order valence-electron chi connectivity index (χ1n) is 9.03. The SMILES string of the molecule is CN(C(=O)O)c1ccc(CC2CCN(C3CCCCC3)C2=O)c(Cl)c1. The molecule has 5 nitrogen and oxygen atoms in total. The maximum atomic E-state index is 12.8. The van der Waals surface area contributed by atoms with Crippen LogP contribution in [-0.2, 0) is 11.2 Å². The van der Waals surface area contributed by atoms with E-state index in [0.29, 0.717) is 23.2 Å². The lowest BCUT2D eigenvalue weighted by Crippen LogP contribution is -2.39. The first-order valence-corrected chi connectivity index (χ1v) is 9.40. The Bertz CT molecular complexity index is 658. The Morgan fingerprint density at radius 2 is 2.00 bits per heavy atom. The van der Waals surface area contributed by atoms with Crippen molar-refractivity contribution < 1.29 is 14.7 Å². The molecule has 1 aliphatic heterocycles. The van der Waals surface area contributed by atoms with Gasteiger partial charge in [0.1, 0.15) is 0 Å². The minimum atomic E-state index is -1.03. The molecule has 1 unspecified atom stereocenters. The number of anilines is 1. The number of nitrogens with zero attached hydrogens (tertiary/aromatic N) is 2. The van der Waals surface area contributed by atoms with Crippen molar-refractivity contribution >= 4 is 29.3 Å². The smallest absolute Gasteiger partial charge is 0.411 e. The predicted octanol–water partition coefficient (Wildman–Crippen LogP) is 4.18. The van der Waals surface area contributed by atoms with Gasteiger partial charge < -0.3 is 10.0 Å². The van der Waals surface area contributed by atoms with Gasteiger partial charge >= 0.3 is 6.09 Å². The molecule has 25 heavy (non-hydrogen) atoms. The van der Waals surface area contributed by atoms with E-state index in [9.17, 15) is 9.59 Å². The van der Waals surface area contributed by atoms with E-state index in [1.807, 2.05) is 6.07 Å². The minimum Gasteiger partial charge on any atom is -0.465 e. The number of carbonyl (C=O) groups excluding carboxylic acids is 1. The summed E-state index contributed by atoms with van der Waals surface area (Å²) in [7, 11) is 1.48. The monoisotopic (exact) mass is 364 g/mol. The lowest BCUT2D eigenvalue weighted by atomic mass is 9.94. The number of hydrogen-bond donors (Lipinski definition) is 1. The van der Waals surface area contributed by atoms with Crippen LogP contribution in [0.2, 0.25) is 5.02 Å². The number of hydrogen-bond acceptors (Lipinski definition) is 2. The maximum absolute atomic E-state index is 12.8. The molecule has 1 aliphatic carbocycles. The Hall–Kier alpha value is -1.75. The van der Waals surface area contributed by atoms with Crippen LogP contribution < -0.4 is 4.90 Å². The van der Waals surface area contributed by atoms with Crippen molar-refractivity contribution in [2.45, 2.75) is 51.0 Å². The van der Waals surface area contributed by atoms with E-state index in [2.05, 4.69) is 4.90 Å². The molecule has 0 radical (unpaired) electrons. The Morgan fingerprint density at radius 1 is 1.28 bits per heavy atom. The summed E-state index contributed by atoms with van der Waals surface area (Å²) in [6.45, 7) is 0.853. The van der Waals surface area contributed by atoms with Crippen molar-refractivity contribution in [1.82, 2.24) is 4.90 Å². The molecule has 2 aliphatic rings. The van der Waals surface area contributed by atoms with Crippen LogP contribution in [0.5, 0.6) is 0 Å². The van der Waals surface area contributed by atoms with E-state index < -0.39 is 6.09 Å². The first-order chi connectivity index (χ1) is 12.0. The maximum Gasteiger partial charge on any atom is 0.411 e. The number of halogens is 1. The summed E-state index contributed by atoms with van der Waals surface area (Å²) in [5.74, 6) is 0.247. The van der Waals surface area contributed by atoms with E-state index in [0.717, 1.165) is 36.3 Å². The lowest BCUT2D eigenvalue weighted by molar-refractivity contribution is -0.133. The Labute approximate surface area is 153 Å². The van der Waals surface area contributed by atoms with Gasteiger partial charge in [0.25, 0.3) is 0 Å². The van der Waals surface area contributed by atoms with Gasteiger partial charge in [-0.25, -0.2) is 4.79 Å². The van der Waals surface area contributed by atoms with Crippen LogP contribution in [0.15, 0.2) is 18.2 Å². The molecule has 0 spiro atoms. The Balaban J connectivity index is 1.66. The minimum absolute atomic E-state index is 0.0116. The van der Waals surface area contributed by atoms with Crippen molar-refractivity contribution in [2.75, 3.05) is 18.5 Å². The molecule has 1 saturated carbocycles. The molecule has 0 bridgehead atoms. The molecule has 3 rings (SSSR count). The Morgan fingerprint density at radius 3 is 2.64 bits per heavy atom. The van der Waals surface area contributed by atoms with Crippen LogP contribution in [0, 0.1) is 5.92 Å². The summed E-state index contributed by atoms with van der Waals surface area (Å²) >= 11 is 6.34. The van der Waals surface area contributed by atoms with Crippen LogP contribution in [0.3, 0.4) is 0 Å². The highest BCUT2D eigenvalue weighted by atomic mass is 35.5. The summed E-state index contributed by atoms with van der Waals surface area (Å²) in [5, 5.41) is 9.57. The van der Waals surface area contributed by atoms with Crippen LogP contribution in [0.25, 0.3) is 0 Å². The van der Waals surface area contributed by atoms with E-state index in [-0.39, 0.29) is 11.8 Å². The van der Waals surface area contributed by atoms with Gasteiger partial charge in [-0.1, -0.05) is 36.9 Å². The van der Waals surface area contributed by atoms with Crippen LogP contribution in [0.1, 0.15) is 44.1 Å². The number of carbonyl (C=O) groups is 2. The number of benzene rings is 1. The molecule has 1 aromatic rings. The molecular weight excluding hydrogens is 340 g/mol. The third-order valence-electron chi connectivity index (χ3n) is 5.54. The van der Waals surface area contributed by atoms with Crippen molar-refractivity contribution in [2.24, 2.45) is 5.92 Å².